The zero-order valence-corrected chi connectivity index (χ0v) is 48.8. The van der Waals surface area contributed by atoms with E-state index in [4.69, 9.17) is 0 Å². The van der Waals surface area contributed by atoms with E-state index in [9.17, 15) is 0 Å². The molecule has 11 aromatic rings. The molecule has 402 valence electrons. The van der Waals surface area contributed by atoms with Gasteiger partial charge in [-0.3, -0.25) is 0 Å². The van der Waals surface area contributed by atoms with Gasteiger partial charge in [0.2, 0.25) is 0 Å². The largest absolute Gasteiger partial charge is 0.334 e. The first-order valence-corrected chi connectivity index (χ1v) is 29.9. The first-order valence-electron chi connectivity index (χ1n) is 29.9. The quantitative estimate of drug-likeness (QED) is 0.140. The lowest BCUT2D eigenvalue weighted by molar-refractivity contribution is 0.330. The zero-order chi connectivity index (χ0) is 56.0. The molecule has 0 aromatic heterocycles. The molecule has 2 nitrogen and oxygen atoms in total. The molecular formula is C80H72N2. The molecule has 4 aliphatic rings. The Bertz CT molecular complexity index is 4030. The predicted octanol–water partition coefficient (Wildman–Crippen LogP) is 22.0. The van der Waals surface area contributed by atoms with Crippen molar-refractivity contribution in [3.63, 3.8) is 0 Å². The van der Waals surface area contributed by atoms with Crippen molar-refractivity contribution in [3.05, 3.63) is 254 Å². The molecule has 0 amide bonds. The van der Waals surface area contributed by atoms with Gasteiger partial charge in [0, 0.05) is 33.6 Å². The number of para-hydroxylation sites is 2. The van der Waals surface area contributed by atoms with Gasteiger partial charge in [0.15, 0.2) is 0 Å². The Balaban J connectivity index is 0.958. The Morgan fingerprint density at radius 2 is 0.549 bits per heavy atom. The van der Waals surface area contributed by atoms with Crippen LogP contribution in [0, 0.1) is 10.8 Å². The summed E-state index contributed by atoms with van der Waals surface area (Å²) in [5.41, 5.74) is 23.1. The van der Waals surface area contributed by atoms with Gasteiger partial charge in [0.1, 0.15) is 0 Å². The van der Waals surface area contributed by atoms with Crippen LogP contribution in [0.25, 0.3) is 88.3 Å². The Hall–Kier alpha value is -8.46. The Kier molecular flexibility index (Phi) is 11.1. The van der Waals surface area contributed by atoms with E-state index in [0.29, 0.717) is 0 Å². The number of rotatable bonds is 8. The highest BCUT2D eigenvalue weighted by molar-refractivity contribution is 6.22. The van der Waals surface area contributed by atoms with Crippen LogP contribution in [0.3, 0.4) is 0 Å². The van der Waals surface area contributed by atoms with Crippen molar-refractivity contribution in [2.24, 2.45) is 10.8 Å². The number of hydrogen-bond donors (Lipinski definition) is 0. The van der Waals surface area contributed by atoms with Gasteiger partial charge >= 0.3 is 0 Å². The monoisotopic (exact) mass is 1060 g/mol. The van der Waals surface area contributed by atoms with Crippen LogP contribution < -0.4 is 9.80 Å². The van der Waals surface area contributed by atoms with Gasteiger partial charge < -0.3 is 9.80 Å². The van der Waals surface area contributed by atoms with Crippen LogP contribution in [0.1, 0.15) is 92.2 Å². The normalized spacial score (nSPS) is 22.8. The maximum absolute atomic E-state index is 2.68. The molecule has 2 aliphatic carbocycles. The fourth-order valence-corrected chi connectivity index (χ4v) is 17.5. The van der Waals surface area contributed by atoms with Crippen molar-refractivity contribution in [2.75, 3.05) is 9.80 Å². The van der Waals surface area contributed by atoms with Crippen molar-refractivity contribution >= 4 is 44.3 Å². The van der Waals surface area contributed by atoms with E-state index in [0.717, 1.165) is 25.7 Å². The maximum Gasteiger partial charge on any atom is 0.0523 e. The summed E-state index contributed by atoms with van der Waals surface area (Å²) in [5, 5.41) is 5.01. The van der Waals surface area contributed by atoms with Gasteiger partial charge in [-0.2, -0.15) is 0 Å². The lowest BCUT2D eigenvalue weighted by Gasteiger charge is -2.42. The summed E-state index contributed by atoms with van der Waals surface area (Å²) in [6.45, 7) is 20.1. The summed E-state index contributed by atoms with van der Waals surface area (Å²) >= 11 is 0. The van der Waals surface area contributed by atoms with Crippen molar-refractivity contribution in [3.8, 4) is 66.8 Å². The standard InChI is InChI=1S/C80H72N2/c1-75(2)49-77(5)69-47-61(39-43-71(69)81(79(77,7)51-75)63-25-17-11-18-26-63)59-37-41-65-67(45-59)73(57-33-29-55(30-34-57)53-21-13-9-14-22-53)66-42-38-60(46-68(66)74(65)58-35-31-56(32-36-58)54-23-15-10-16-24-54)62-40-44-72-70(48-62)78(6)50-76(3,4)52-80(78,8)82(72)64-27-19-12-20-28-64/h9-48H,49-52H2,1-8H3. The van der Waals surface area contributed by atoms with E-state index in [1.165, 1.54) is 122 Å². The molecule has 2 fully saturated rings. The fourth-order valence-electron chi connectivity index (χ4n) is 17.5. The summed E-state index contributed by atoms with van der Waals surface area (Å²) in [5.74, 6) is 0. The van der Waals surface area contributed by atoms with Crippen molar-refractivity contribution in [1.82, 2.24) is 0 Å². The third kappa shape index (κ3) is 7.52. The Morgan fingerprint density at radius 1 is 0.256 bits per heavy atom. The van der Waals surface area contributed by atoms with Gasteiger partial charge in [-0.25, -0.2) is 0 Å². The minimum absolute atomic E-state index is 0.0433. The first-order chi connectivity index (χ1) is 39.5. The van der Waals surface area contributed by atoms with Crippen LogP contribution in [-0.4, -0.2) is 11.1 Å². The third-order valence-electron chi connectivity index (χ3n) is 20.7. The Morgan fingerprint density at radius 3 is 0.915 bits per heavy atom. The summed E-state index contributed by atoms with van der Waals surface area (Å²) in [6, 6.07) is 92.1. The number of benzene rings is 11. The van der Waals surface area contributed by atoms with E-state index in [1.807, 2.05) is 0 Å². The average Bonchev–Trinajstić information content (AvgIpc) is 2.17. The average molecular weight is 1060 g/mol. The topological polar surface area (TPSA) is 6.48 Å². The molecule has 2 heteroatoms. The molecule has 0 spiro atoms. The molecule has 4 unspecified atom stereocenters. The number of fused-ring (bicyclic) bond motifs is 8. The van der Waals surface area contributed by atoms with Crippen LogP contribution in [0.2, 0.25) is 0 Å². The zero-order valence-electron chi connectivity index (χ0n) is 48.8. The van der Waals surface area contributed by atoms with Gasteiger partial charge in [-0.15, -0.1) is 0 Å². The van der Waals surface area contributed by atoms with Crippen LogP contribution >= 0.6 is 0 Å². The lowest BCUT2D eigenvalue weighted by Crippen LogP contribution is -2.49. The van der Waals surface area contributed by atoms with E-state index in [2.05, 4.69) is 308 Å². The number of hydrogen-bond acceptors (Lipinski definition) is 2. The molecule has 82 heavy (non-hydrogen) atoms. The highest BCUT2D eigenvalue weighted by Gasteiger charge is 2.65. The van der Waals surface area contributed by atoms with Gasteiger partial charge in [-0.05, 0) is 210 Å². The molecule has 0 bridgehead atoms. The van der Waals surface area contributed by atoms with Gasteiger partial charge in [0.05, 0.1) is 11.1 Å². The van der Waals surface area contributed by atoms with Gasteiger partial charge in [-0.1, -0.05) is 224 Å². The fraction of sp³-hybridized carbons (Fsp3) is 0.225. The summed E-state index contributed by atoms with van der Waals surface area (Å²) in [7, 11) is 0. The second kappa shape index (κ2) is 18.0. The second-order valence-corrected chi connectivity index (χ2v) is 27.2. The molecule has 0 N–H and O–H groups in total. The summed E-state index contributed by atoms with van der Waals surface area (Å²) < 4.78 is 0. The molecule has 0 saturated heterocycles. The highest BCUT2D eigenvalue weighted by Crippen LogP contribution is 2.69. The summed E-state index contributed by atoms with van der Waals surface area (Å²) in [4.78, 5) is 5.37. The molecule has 2 aliphatic heterocycles. The second-order valence-electron chi connectivity index (χ2n) is 27.2. The van der Waals surface area contributed by atoms with Crippen molar-refractivity contribution in [1.29, 1.82) is 0 Å². The number of nitrogens with zero attached hydrogens (tertiary/aromatic N) is 2. The minimum atomic E-state index is -0.0711. The van der Waals surface area contributed by atoms with Crippen LogP contribution in [-0.2, 0) is 10.8 Å². The van der Waals surface area contributed by atoms with Crippen molar-refractivity contribution < 1.29 is 0 Å². The van der Waals surface area contributed by atoms with E-state index in [1.54, 1.807) is 0 Å². The molecule has 2 heterocycles. The molecule has 0 radical (unpaired) electrons. The van der Waals surface area contributed by atoms with E-state index < -0.39 is 0 Å². The van der Waals surface area contributed by atoms with E-state index >= 15 is 0 Å². The minimum Gasteiger partial charge on any atom is -0.334 e. The van der Waals surface area contributed by atoms with Gasteiger partial charge in [0.25, 0.3) is 0 Å². The van der Waals surface area contributed by atoms with Crippen LogP contribution in [0.4, 0.5) is 22.7 Å². The van der Waals surface area contributed by atoms with E-state index in [-0.39, 0.29) is 32.7 Å². The maximum atomic E-state index is 2.68. The smallest absolute Gasteiger partial charge is 0.0523 e. The van der Waals surface area contributed by atoms with Crippen LogP contribution in [0.5, 0.6) is 0 Å². The molecule has 4 atom stereocenters. The predicted molar refractivity (Wildman–Crippen MR) is 349 cm³/mol. The van der Waals surface area contributed by atoms with Crippen LogP contribution in [0.15, 0.2) is 243 Å². The number of anilines is 4. The summed E-state index contributed by atoms with van der Waals surface area (Å²) in [6.07, 6.45) is 4.51. The molecule has 15 rings (SSSR count). The van der Waals surface area contributed by atoms with Crippen molar-refractivity contribution in [2.45, 2.75) is 103 Å². The molecular weight excluding hydrogens is 989 g/mol. The lowest BCUT2D eigenvalue weighted by atomic mass is 9.71. The SMILES string of the molecule is CC1(C)CC2(C)c3cc(-c4ccc5c(-c6ccc(-c7ccccc7)cc6)c6cc(-c7ccc8c(c7)C7(C)CC(C)(C)CC7(C)N8c7ccccc7)ccc6c(-c6ccc(-c7ccccc7)cc6)c5c4)ccc3N(c3ccccc3)C2(C)C1. The first kappa shape index (κ1) is 50.5. The molecule has 2 saturated carbocycles. The molecule has 11 aromatic carbocycles. The third-order valence-corrected chi connectivity index (χ3v) is 20.7. The highest BCUT2D eigenvalue weighted by atomic mass is 15.3. The Labute approximate surface area is 485 Å².